The van der Waals surface area contributed by atoms with Crippen molar-refractivity contribution in [2.75, 3.05) is 0 Å². The molecule has 6 heteroatoms. The van der Waals surface area contributed by atoms with Crippen LogP contribution in [0.25, 0.3) is 0 Å². The highest BCUT2D eigenvalue weighted by Gasteiger charge is 2.01. The van der Waals surface area contributed by atoms with Gasteiger partial charge in [0.2, 0.25) is 5.89 Å². The van der Waals surface area contributed by atoms with Gasteiger partial charge in [-0.1, -0.05) is 5.16 Å². The smallest absolute Gasteiger partial charge is 0.240 e. The van der Waals surface area contributed by atoms with E-state index in [1.807, 2.05) is 0 Å². The van der Waals surface area contributed by atoms with Gasteiger partial charge in [0.05, 0.1) is 13.1 Å². The summed E-state index contributed by atoms with van der Waals surface area (Å²) in [5.74, 6) is 1.96. The molecule has 15 heavy (non-hydrogen) atoms. The van der Waals surface area contributed by atoms with Gasteiger partial charge >= 0.3 is 0 Å². The van der Waals surface area contributed by atoms with Gasteiger partial charge in [-0.15, -0.1) is 0 Å². The van der Waals surface area contributed by atoms with Crippen molar-refractivity contribution in [3.8, 4) is 0 Å². The zero-order valence-electron chi connectivity index (χ0n) is 8.34. The molecule has 2 heterocycles. The minimum absolute atomic E-state index is 0.527. The van der Waals surface area contributed by atoms with Crippen molar-refractivity contribution < 1.29 is 4.52 Å². The van der Waals surface area contributed by atoms with Gasteiger partial charge in [-0.2, -0.15) is 4.98 Å². The van der Waals surface area contributed by atoms with E-state index in [1.165, 1.54) is 0 Å². The van der Waals surface area contributed by atoms with Gasteiger partial charge in [-0.05, 0) is 13.0 Å². The largest absolute Gasteiger partial charge is 0.338 e. The van der Waals surface area contributed by atoms with Gasteiger partial charge in [0.15, 0.2) is 5.82 Å². The standard InChI is InChI=1S/C9H11N5O/c1-7-13-9(15-14-7)6-10-5-8-11-3-2-4-12-8/h2-4,10H,5-6H2,1H3. The molecular weight excluding hydrogens is 194 g/mol. The molecule has 2 aromatic heterocycles. The van der Waals surface area contributed by atoms with Gasteiger partial charge in [-0.25, -0.2) is 9.97 Å². The van der Waals surface area contributed by atoms with Crippen molar-refractivity contribution in [3.63, 3.8) is 0 Å². The molecule has 2 aromatic rings. The first-order valence-electron chi connectivity index (χ1n) is 4.60. The van der Waals surface area contributed by atoms with Crippen molar-refractivity contribution in [1.82, 2.24) is 25.4 Å². The molecule has 0 radical (unpaired) electrons. The summed E-state index contributed by atoms with van der Waals surface area (Å²) in [6.07, 6.45) is 3.42. The predicted molar refractivity (Wildman–Crippen MR) is 51.6 cm³/mol. The fourth-order valence-electron chi connectivity index (χ4n) is 1.11. The van der Waals surface area contributed by atoms with Crippen molar-refractivity contribution >= 4 is 0 Å². The Morgan fingerprint density at radius 3 is 2.73 bits per heavy atom. The number of rotatable bonds is 4. The molecule has 0 aliphatic heterocycles. The highest BCUT2D eigenvalue weighted by molar-refractivity contribution is 4.88. The fourth-order valence-corrected chi connectivity index (χ4v) is 1.11. The molecule has 0 aliphatic rings. The Labute approximate surface area is 86.8 Å². The second kappa shape index (κ2) is 4.61. The van der Waals surface area contributed by atoms with Crippen LogP contribution in [0.3, 0.4) is 0 Å². The van der Waals surface area contributed by atoms with E-state index in [9.17, 15) is 0 Å². The molecule has 78 valence electrons. The van der Waals surface area contributed by atoms with E-state index in [0.717, 1.165) is 5.82 Å². The Bertz CT molecular complexity index is 413. The number of aromatic nitrogens is 4. The molecule has 2 rings (SSSR count). The third-order valence-corrected chi connectivity index (χ3v) is 1.75. The molecule has 0 atom stereocenters. The van der Waals surface area contributed by atoms with E-state index < -0.39 is 0 Å². The second-order valence-corrected chi connectivity index (χ2v) is 3.00. The minimum Gasteiger partial charge on any atom is -0.338 e. The topological polar surface area (TPSA) is 76.7 Å². The lowest BCUT2D eigenvalue weighted by Crippen LogP contribution is -2.14. The van der Waals surface area contributed by atoms with Crippen LogP contribution in [0.2, 0.25) is 0 Å². The fraction of sp³-hybridized carbons (Fsp3) is 0.333. The molecule has 0 aliphatic carbocycles. The van der Waals surface area contributed by atoms with Gasteiger partial charge in [0, 0.05) is 12.4 Å². The summed E-state index contributed by atoms with van der Waals surface area (Å²) in [6.45, 7) is 2.90. The number of nitrogens with zero attached hydrogens (tertiary/aromatic N) is 4. The van der Waals surface area contributed by atoms with Crippen LogP contribution in [0.15, 0.2) is 23.0 Å². The molecule has 6 nitrogen and oxygen atoms in total. The molecule has 0 unspecified atom stereocenters. The van der Waals surface area contributed by atoms with E-state index in [4.69, 9.17) is 4.52 Å². The number of hydrogen-bond donors (Lipinski definition) is 1. The van der Waals surface area contributed by atoms with E-state index in [2.05, 4.69) is 25.4 Å². The summed E-state index contributed by atoms with van der Waals surface area (Å²) in [4.78, 5) is 12.2. The summed E-state index contributed by atoms with van der Waals surface area (Å²) >= 11 is 0. The molecule has 0 aromatic carbocycles. The Morgan fingerprint density at radius 2 is 2.07 bits per heavy atom. The number of aryl methyl sites for hydroxylation is 1. The summed E-state index contributed by atoms with van der Waals surface area (Å²) < 4.78 is 4.94. The first-order valence-corrected chi connectivity index (χ1v) is 4.60. The molecule has 0 saturated heterocycles. The Balaban J connectivity index is 1.80. The van der Waals surface area contributed by atoms with E-state index in [0.29, 0.717) is 24.8 Å². The average molecular weight is 205 g/mol. The molecular formula is C9H11N5O. The maximum Gasteiger partial charge on any atom is 0.240 e. The second-order valence-electron chi connectivity index (χ2n) is 3.00. The monoisotopic (exact) mass is 205 g/mol. The summed E-state index contributed by atoms with van der Waals surface area (Å²) in [5.41, 5.74) is 0. The van der Waals surface area contributed by atoms with Gasteiger partial charge < -0.3 is 9.84 Å². The van der Waals surface area contributed by atoms with E-state index in [1.54, 1.807) is 25.4 Å². The molecule has 0 amide bonds. The molecule has 0 fully saturated rings. The lowest BCUT2D eigenvalue weighted by Gasteiger charge is -1.98. The van der Waals surface area contributed by atoms with Gasteiger partial charge in [0.1, 0.15) is 5.82 Å². The van der Waals surface area contributed by atoms with Crippen LogP contribution in [-0.4, -0.2) is 20.1 Å². The molecule has 0 saturated carbocycles. The van der Waals surface area contributed by atoms with Crippen LogP contribution in [-0.2, 0) is 13.1 Å². The van der Waals surface area contributed by atoms with Crippen molar-refractivity contribution in [1.29, 1.82) is 0 Å². The first-order chi connectivity index (χ1) is 7.34. The summed E-state index contributed by atoms with van der Waals surface area (Å²) in [7, 11) is 0. The zero-order chi connectivity index (χ0) is 10.5. The maximum absolute atomic E-state index is 4.94. The Hall–Kier alpha value is -1.82. The quantitative estimate of drug-likeness (QED) is 0.781. The van der Waals surface area contributed by atoms with Crippen LogP contribution in [0.5, 0.6) is 0 Å². The van der Waals surface area contributed by atoms with Crippen LogP contribution in [0, 0.1) is 6.92 Å². The van der Waals surface area contributed by atoms with Gasteiger partial charge in [0.25, 0.3) is 0 Å². The highest BCUT2D eigenvalue weighted by atomic mass is 16.5. The van der Waals surface area contributed by atoms with E-state index in [-0.39, 0.29) is 0 Å². The minimum atomic E-state index is 0.527. The lowest BCUT2D eigenvalue weighted by atomic mass is 10.5. The summed E-state index contributed by atoms with van der Waals surface area (Å²) in [6, 6.07) is 1.78. The average Bonchev–Trinajstić information content (AvgIpc) is 2.66. The Kier molecular flexibility index (Phi) is 2.99. The van der Waals surface area contributed by atoms with Crippen LogP contribution in [0.4, 0.5) is 0 Å². The van der Waals surface area contributed by atoms with Crippen LogP contribution < -0.4 is 5.32 Å². The molecule has 0 spiro atoms. The van der Waals surface area contributed by atoms with Crippen molar-refractivity contribution in [3.05, 3.63) is 36.0 Å². The first kappa shape index (κ1) is 9.72. The molecule has 0 bridgehead atoms. The predicted octanol–water partition coefficient (Wildman–Crippen LogP) is 0.458. The number of nitrogens with one attached hydrogen (secondary N) is 1. The lowest BCUT2D eigenvalue weighted by molar-refractivity contribution is 0.363. The van der Waals surface area contributed by atoms with Crippen molar-refractivity contribution in [2.24, 2.45) is 0 Å². The Morgan fingerprint density at radius 1 is 1.27 bits per heavy atom. The van der Waals surface area contributed by atoms with Crippen LogP contribution in [0.1, 0.15) is 17.5 Å². The third-order valence-electron chi connectivity index (χ3n) is 1.75. The summed E-state index contributed by atoms with van der Waals surface area (Å²) in [5, 5.41) is 6.79. The third kappa shape index (κ3) is 2.81. The van der Waals surface area contributed by atoms with Crippen LogP contribution >= 0.6 is 0 Å². The zero-order valence-corrected chi connectivity index (χ0v) is 8.34. The van der Waals surface area contributed by atoms with E-state index >= 15 is 0 Å². The number of hydrogen-bond acceptors (Lipinski definition) is 6. The SMILES string of the molecule is Cc1noc(CNCc2ncccn2)n1. The highest BCUT2D eigenvalue weighted by Crippen LogP contribution is 1.95. The van der Waals surface area contributed by atoms with Gasteiger partial charge in [-0.3, -0.25) is 0 Å². The maximum atomic E-state index is 4.94. The normalized spacial score (nSPS) is 10.5. The molecule has 1 N–H and O–H groups in total. The van der Waals surface area contributed by atoms with Crippen molar-refractivity contribution in [2.45, 2.75) is 20.0 Å².